The van der Waals surface area contributed by atoms with E-state index in [0.29, 0.717) is 5.52 Å². The molecule has 1 unspecified atom stereocenters. The third-order valence-corrected chi connectivity index (χ3v) is 5.12. The predicted octanol–water partition coefficient (Wildman–Crippen LogP) is 1.93. The second kappa shape index (κ2) is 4.53. The molecule has 7 nitrogen and oxygen atoms in total. The Morgan fingerprint density at radius 1 is 1.45 bits per heavy atom. The number of fused-ring (bicyclic) bond motifs is 1. The molecule has 1 atom stereocenters. The largest absolute Gasteiger partial charge is 0.372 e. The average molecular weight is 311 g/mol. The maximum Gasteiger partial charge on any atom is 0.319 e. The topological polar surface area (TPSA) is 102 Å². The molecule has 0 aliphatic carbocycles. The molecule has 2 aromatic rings. The van der Waals surface area contributed by atoms with E-state index in [2.05, 4.69) is 10.3 Å². The van der Waals surface area contributed by atoms with Gasteiger partial charge in [0.05, 0.1) is 26.9 Å². The number of anilines is 1. The molecule has 104 valence electrons. The van der Waals surface area contributed by atoms with Gasteiger partial charge in [-0.2, -0.15) is 0 Å². The van der Waals surface area contributed by atoms with Crippen molar-refractivity contribution in [1.82, 2.24) is 4.98 Å². The summed E-state index contributed by atoms with van der Waals surface area (Å²) >= 11 is 1.32. The SMILES string of the molecule is O=[N+]([O-])c1c(NC2C=CS(=O)(=O)C2)ccc2scnc12. The van der Waals surface area contributed by atoms with Gasteiger partial charge in [-0.1, -0.05) is 6.08 Å². The van der Waals surface area contributed by atoms with E-state index in [1.165, 1.54) is 17.4 Å². The molecule has 0 saturated carbocycles. The Kier molecular flexibility index (Phi) is 2.94. The van der Waals surface area contributed by atoms with Crippen LogP contribution in [0.15, 0.2) is 29.1 Å². The first kappa shape index (κ1) is 13.0. The molecule has 1 aromatic heterocycles. The van der Waals surface area contributed by atoms with Crippen LogP contribution >= 0.6 is 11.3 Å². The van der Waals surface area contributed by atoms with Crippen LogP contribution in [0.4, 0.5) is 11.4 Å². The van der Waals surface area contributed by atoms with Gasteiger partial charge in [0, 0.05) is 5.41 Å². The van der Waals surface area contributed by atoms with Gasteiger partial charge in [-0.15, -0.1) is 11.3 Å². The lowest BCUT2D eigenvalue weighted by atomic mass is 10.2. The van der Waals surface area contributed by atoms with Gasteiger partial charge in [0.2, 0.25) is 0 Å². The minimum atomic E-state index is -3.21. The van der Waals surface area contributed by atoms with E-state index in [1.807, 2.05) is 0 Å². The molecule has 20 heavy (non-hydrogen) atoms. The first-order chi connectivity index (χ1) is 9.46. The maximum absolute atomic E-state index is 11.3. The zero-order valence-corrected chi connectivity index (χ0v) is 11.6. The van der Waals surface area contributed by atoms with Crippen LogP contribution in [0.5, 0.6) is 0 Å². The van der Waals surface area contributed by atoms with Crippen molar-refractivity contribution in [2.24, 2.45) is 0 Å². The number of hydrogen-bond donors (Lipinski definition) is 1. The molecule has 2 heterocycles. The highest BCUT2D eigenvalue weighted by atomic mass is 32.2. The molecule has 9 heteroatoms. The molecule has 0 bridgehead atoms. The van der Waals surface area contributed by atoms with Gasteiger partial charge in [0.25, 0.3) is 0 Å². The monoisotopic (exact) mass is 311 g/mol. The van der Waals surface area contributed by atoms with Crippen LogP contribution in [-0.2, 0) is 9.84 Å². The third kappa shape index (κ3) is 2.25. The Hall–Kier alpha value is -2.00. The Balaban J connectivity index is 2.01. The minimum absolute atomic E-state index is 0.0980. The molecule has 0 fully saturated rings. The number of nitrogens with one attached hydrogen (secondary N) is 1. The van der Waals surface area contributed by atoms with Gasteiger partial charge in [0.1, 0.15) is 5.69 Å². The van der Waals surface area contributed by atoms with Crippen LogP contribution in [-0.4, -0.2) is 30.1 Å². The van der Waals surface area contributed by atoms with E-state index in [4.69, 9.17) is 0 Å². The zero-order valence-electron chi connectivity index (χ0n) is 10.0. The molecule has 1 aliphatic heterocycles. The van der Waals surface area contributed by atoms with Crippen LogP contribution in [0.25, 0.3) is 10.2 Å². The standard InChI is InChI=1S/C11H9N3O4S2/c15-14(16)11-8(1-2-9-10(11)12-6-19-9)13-7-3-4-20(17,18)5-7/h1-4,6-7,13H,5H2. The summed E-state index contributed by atoms with van der Waals surface area (Å²) in [6, 6.07) is 2.85. The van der Waals surface area contributed by atoms with E-state index < -0.39 is 20.8 Å². The molecule has 1 N–H and O–H groups in total. The van der Waals surface area contributed by atoms with Crippen LogP contribution in [0.2, 0.25) is 0 Å². The summed E-state index contributed by atoms with van der Waals surface area (Å²) < 4.78 is 23.4. The lowest BCUT2D eigenvalue weighted by Crippen LogP contribution is -2.21. The highest BCUT2D eigenvalue weighted by molar-refractivity contribution is 7.94. The average Bonchev–Trinajstić information content (AvgIpc) is 2.94. The van der Waals surface area contributed by atoms with E-state index in [0.717, 1.165) is 10.1 Å². The highest BCUT2D eigenvalue weighted by Crippen LogP contribution is 2.35. The summed E-state index contributed by atoms with van der Waals surface area (Å²) in [5, 5.41) is 15.2. The van der Waals surface area contributed by atoms with Gasteiger partial charge in [0.15, 0.2) is 15.4 Å². The second-order valence-corrected chi connectivity index (χ2v) is 7.14. The highest BCUT2D eigenvalue weighted by Gasteiger charge is 2.26. The molecule has 3 rings (SSSR count). The smallest absolute Gasteiger partial charge is 0.319 e. The van der Waals surface area contributed by atoms with E-state index in [1.54, 1.807) is 17.6 Å². The van der Waals surface area contributed by atoms with Crippen LogP contribution in [0, 0.1) is 10.1 Å². The lowest BCUT2D eigenvalue weighted by molar-refractivity contribution is -0.382. The van der Waals surface area contributed by atoms with Crippen molar-refractivity contribution in [1.29, 1.82) is 0 Å². The van der Waals surface area contributed by atoms with Gasteiger partial charge < -0.3 is 5.32 Å². The van der Waals surface area contributed by atoms with Crippen molar-refractivity contribution < 1.29 is 13.3 Å². The third-order valence-electron chi connectivity index (χ3n) is 2.93. The van der Waals surface area contributed by atoms with Crippen molar-refractivity contribution >= 4 is 42.8 Å². The summed E-state index contributed by atoms with van der Waals surface area (Å²) in [6.07, 6.45) is 1.49. The van der Waals surface area contributed by atoms with E-state index in [-0.39, 0.29) is 17.1 Å². The van der Waals surface area contributed by atoms with Crippen molar-refractivity contribution in [3.05, 3.63) is 39.2 Å². The number of sulfone groups is 1. The number of aromatic nitrogens is 1. The van der Waals surface area contributed by atoms with Crippen LogP contribution < -0.4 is 5.32 Å². The molecule has 0 saturated heterocycles. The summed E-state index contributed by atoms with van der Waals surface area (Å²) in [7, 11) is -3.21. The van der Waals surface area contributed by atoms with Crippen molar-refractivity contribution in [3.63, 3.8) is 0 Å². The molecule has 0 radical (unpaired) electrons. The number of nitro groups is 1. The number of hydrogen-bond acceptors (Lipinski definition) is 7. The summed E-state index contributed by atoms with van der Waals surface area (Å²) in [6.45, 7) is 0. The lowest BCUT2D eigenvalue weighted by Gasteiger charge is -2.11. The zero-order chi connectivity index (χ0) is 14.3. The first-order valence-corrected chi connectivity index (χ1v) is 8.24. The Morgan fingerprint density at radius 2 is 2.25 bits per heavy atom. The summed E-state index contributed by atoms with van der Waals surface area (Å²) in [4.78, 5) is 14.7. The summed E-state index contributed by atoms with van der Waals surface area (Å²) in [5.41, 5.74) is 2.01. The van der Waals surface area contributed by atoms with Crippen LogP contribution in [0.3, 0.4) is 0 Å². The number of thiazole rings is 1. The minimum Gasteiger partial charge on any atom is -0.372 e. The number of nitrogens with zero attached hydrogens (tertiary/aromatic N) is 2. The van der Waals surface area contributed by atoms with Gasteiger partial charge in [-0.3, -0.25) is 10.1 Å². The van der Waals surface area contributed by atoms with Gasteiger partial charge in [-0.05, 0) is 12.1 Å². The van der Waals surface area contributed by atoms with E-state index in [9.17, 15) is 18.5 Å². The maximum atomic E-state index is 11.3. The van der Waals surface area contributed by atoms with Gasteiger partial charge in [-0.25, -0.2) is 13.4 Å². The van der Waals surface area contributed by atoms with Crippen molar-refractivity contribution in [2.75, 3.05) is 11.1 Å². The second-order valence-electron chi connectivity index (χ2n) is 4.33. The fourth-order valence-corrected chi connectivity index (χ4v) is 4.00. The normalized spacial score (nSPS) is 20.3. The van der Waals surface area contributed by atoms with Crippen molar-refractivity contribution in [2.45, 2.75) is 6.04 Å². The molecule has 0 spiro atoms. The molecule has 0 amide bonds. The van der Waals surface area contributed by atoms with Gasteiger partial charge >= 0.3 is 5.69 Å². The molecule has 1 aliphatic rings. The predicted molar refractivity (Wildman–Crippen MR) is 76.6 cm³/mol. The molecule has 1 aromatic carbocycles. The Morgan fingerprint density at radius 3 is 2.90 bits per heavy atom. The molecular weight excluding hydrogens is 302 g/mol. The van der Waals surface area contributed by atoms with Crippen molar-refractivity contribution in [3.8, 4) is 0 Å². The fraction of sp³-hybridized carbons (Fsp3) is 0.182. The number of nitro benzene ring substituents is 1. The first-order valence-electron chi connectivity index (χ1n) is 5.64. The number of benzene rings is 1. The number of rotatable bonds is 3. The fourth-order valence-electron chi connectivity index (χ4n) is 2.08. The Labute approximate surface area is 118 Å². The quantitative estimate of drug-likeness (QED) is 0.686. The van der Waals surface area contributed by atoms with E-state index >= 15 is 0 Å². The van der Waals surface area contributed by atoms with Crippen LogP contribution in [0.1, 0.15) is 0 Å². The summed E-state index contributed by atoms with van der Waals surface area (Å²) in [5.74, 6) is -0.0980. The molecular formula is C11H9N3O4S2. The Bertz CT molecular complexity index is 825.